The molecule has 2 N–H and O–H groups in total. The van der Waals surface area contributed by atoms with Crippen LogP contribution in [0.3, 0.4) is 0 Å². The third-order valence-electron chi connectivity index (χ3n) is 7.27. The number of benzene rings is 2. The molecule has 0 radical (unpaired) electrons. The van der Waals surface area contributed by atoms with E-state index in [4.69, 9.17) is 13.8 Å². The van der Waals surface area contributed by atoms with Gasteiger partial charge in [-0.15, -0.1) is 0 Å². The first-order chi connectivity index (χ1) is 22.7. The fraction of sp³-hybridized carbons (Fsp3) is 0.424. The number of rotatable bonds is 15. The van der Waals surface area contributed by atoms with Gasteiger partial charge in [0.15, 0.2) is 5.82 Å². The van der Waals surface area contributed by atoms with Gasteiger partial charge in [-0.2, -0.15) is 0 Å². The lowest BCUT2D eigenvalue weighted by Gasteiger charge is -2.36. The van der Waals surface area contributed by atoms with Crippen LogP contribution in [0.2, 0.25) is 0 Å². The number of piperazine rings is 1. The van der Waals surface area contributed by atoms with Crippen LogP contribution in [-0.2, 0) is 23.1 Å². The minimum atomic E-state index is -3.78. The van der Waals surface area contributed by atoms with E-state index in [0.29, 0.717) is 23.8 Å². The normalized spacial score (nSPS) is 13.9. The average Bonchev–Trinajstić information content (AvgIpc) is 3.08. The van der Waals surface area contributed by atoms with Crippen LogP contribution in [0.4, 0.5) is 16.3 Å². The molecule has 1 saturated heterocycles. The molecule has 13 nitrogen and oxygen atoms in total. The molecule has 4 rings (SSSR count). The van der Waals surface area contributed by atoms with Gasteiger partial charge in [0.1, 0.15) is 17.6 Å². The van der Waals surface area contributed by atoms with Crippen LogP contribution in [0.15, 0.2) is 66.7 Å². The standard InChI is InChI=1S/C33H43N6O7P/c1-4-7-22-44-33(42)39-20-18-38(19-21-39)32(41)28(24-47(43,45-5-2)46-6-3)36-31(40)27-23-29(34-26-16-12-9-13-17-26)37-30(35-27)25-14-10-8-11-15-25/h8-17,23,28H,4-7,18-22,24H2,1-3H3,(H,36,40)(H,34,35,37). The molecule has 0 saturated carbocycles. The molecule has 47 heavy (non-hydrogen) atoms. The molecular formula is C33H43N6O7P. The van der Waals surface area contributed by atoms with Gasteiger partial charge in [-0.05, 0) is 32.4 Å². The smallest absolute Gasteiger partial charge is 0.409 e. The number of amides is 3. The Hall–Kier alpha value is -4.32. The van der Waals surface area contributed by atoms with Gasteiger partial charge in [0, 0.05) is 43.5 Å². The molecule has 3 amide bonds. The zero-order valence-electron chi connectivity index (χ0n) is 27.1. The van der Waals surface area contributed by atoms with Gasteiger partial charge in [-0.3, -0.25) is 14.2 Å². The van der Waals surface area contributed by atoms with Gasteiger partial charge in [0.05, 0.1) is 26.0 Å². The van der Waals surface area contributed by atoms with E-state index in [1.54, 1.807) is 18.7 Å². The van der Waals surface area contributed by atoms with E-state index in [0.717, 1.165) is 18.5 Å². The highest BCUT2D eigenvalue weighted by molar-refractivity contribution is 7.54. The SMILES string of the molecule is CCCCOC(=O)N1CCN(C(=O)C(CP(=O)(OCC)OCC)NC(=O)c2cc(Nc3ccccc3)nc(-c3ccccc3)n2)CC1. The Labute approximate surface area is 275 Å². The number of nitrogens with one attached hydrogen (secondary N) is 2. The second-order valence-electron chi connectivity index (χ2n) is 10.8. The molecule has 1 aliphatic heterocycles. The van der Waals surface area contributed by atoms with E-state index in [1.165, 1.54) is 11.0 Å². The van der Waals surface area contributed by atoms with Gasteiger partial charge >= 0.3 is 13.7 Å². The minimum absolute atomic E-state index is 0.00243. The Bertz CT molecular complexity index is 1510. The minimum Gasteiger partial charge on any atom is -0.449 e. The van der Waals surface area contributed by atoms with Crippen LogP contribution in [0.25, 0.3) is 11.4 Å². The summed E-state index contributed by atoms with van der Waals surface area (Å²) in [5, 5.41) is 5.96. The zero-order valence-corrected chi connectivity index (χ0v) is 28.0. The predicted molar refractivity (Wildman–Crippen MR) is 179 cm³/mol. The Morgan fingerprint density at radius 1 is 0.872 bits per heavy atom. The number of ether oxygens (including phenoxy) is 1. The second-order valence-corrected chi connectivity index (χ2v) is 12.9. The van der Waals surface area contributed by atoms with Crippen LogP contribution >= 0.6 is 7.60 Å². The molecule has 2 aromatic carbocycles. The number of hydrogen-bond donors (Lipinski definition) is 2. The summed E-state index contributed by atoms with van der Waals surface area (Å²) in [6, 6.07) is 18.8. The fourth-order valence-corrected chi connectivity index (χ4v) is 6.68. The van der Waals surface area contributed by atoms with Crippen LogP contribution in [0, 0.1) is 0 Å². The zero-order chi connectivity index (χ0) is 33.6. The van der Waals surface area contributed by atoms with Crippen molar-refractivity contribution < 1.29 is 32.7 Å². The lowest BCUT2D eigenvalue weighted by Crippen LogP contribution is -2.57. The number of unbranched alkanes of at least 4 members (excludes halogenated alkanes) is 1. The Kier molecular flexibility index (Phi) is 13.3. The lowest BCUT2D eigenvalue weighted by atomic mass is 10.2. The van der Waals surface area contributed by atoms with Crippen molar-refractivity contribution in [3.05, 3.63) is 72.4 Å². The monoisotopic (exact) mass is 666 g/mol. The van der Waals surface area contributed by atoms with Gasteiger partial charge in [-0.25, -0.2) is 14.8 Å². The molecular weight excluding hydrogens is 623 g/mol. The summed E-state index contributed by atoms with van der Waals surface area (Å²) in [5.41, 5.74) is 1.44. The molecule has 252 valence electrons. The topological polar surface area (TPSA) is 152 Å². The highest BCUT2D eigenvalue weighted by Gasteiger charge is 2.37. The molecule has 1 unspecified atom stereocenters. The van der Waals surface area contributed by atoms with E-state index in [9.17, 15) is 18.9 Å². The third-order valence-corrected chi connectivity index (χ3v) is 9.39. The van der Waals surface area contributed by atoms with E-state index in [-0.39, 0.29) is 51.2 Å². The maximum Gasteiger partial charge on any atom is 0.409 e. The predicted octanol–water partition coefficient (Wildman–Crippen LogP) is 5.33. The molecule has 0 bridgehead atoms. The molecule has 0 aliphatic carbocycles. The van der Waals surface area contributed by atoms with Gasteiger partial charge in [0.25, 0.3) is 5.91 Å². The Morgan fingerprint density at radius 3 is 2.11 bits per heavy atom. The number of para-hydroxylation sites is 1. The first-order valence-electron chi connectivity index (χ1n) is 15.9. The van der Waals surface area contributed by atoms with Crippen LogP contribution < -0.4 is 10.6 Å². The summed E-state index contributed by atoms with van der Waals surface area (Å²) in [6.45, 7) is 6.80. The van der Waals surface area contributed by atoms with Crippen LogP contribution in [-0.4, -0.2) is 95.9 Å². The molecule has 0 spiro atoms. The van der Waals surface area contributed by atoms with Crippen molar-refractivity contribution in [1.82, 2.24) is 25.1 Å². The number of aromatic nitrogens is 2. The number of nitrogens with zero attached hydrogens (tertiary/aromatic N) is 4. The molecule has 1 aromatic heterocycles. The first kappa shape index (κ1) is 35.5. The quantitative estimate of drug-likeness (QED) is 0.161. The highest BCUT2D eigenvalue weighted by Crippen LogP contribution is 2.48. The average molecular weight is 667 g/mol. The largest absolute Gasteiger partial charge is 0.449 e. The van der Waals surface area contributed by atoms with Crippen molar-refractivity contribution in [2.24, 2.45) is 0 Å². The molecule has 14 heteroatoms. The van der Waals surface area contributed by atoms with Gasteiger partial charge in [-0.1, -0.05) is 61.9 Å². The number of carbonyl (C=O) groups excluding carboxylic acids is 3. The first-order valence-corrected chi connectivity index (χ1v) is 17.6. The van der Waals surface area contributed by atoms with Crippen LogP contribution in [0.1, 0.15) is 44.1 Å². The molecule has 2 heterocycles. The van der Waals surface area contributed by atoms with Crippen LogP contribution in [0.5, 0.6) is 0 Å². The van der Waals surface area contributed by atoms with Crippen molar-refractivity contribution in [1.29, 1.82) is 0 Å². The Balaban J connectivity index is 1.59. The van der Waals surface area contributed by atoms with Gasteiger partial charge < -0.3 is 34.2 Å². The maximum absolute atomic E-state index is 13.9. The van der Waals surface area contributed by atoms with E-state index < -0.39 is 31.5 Å². The number of carbonyl (C=O) groups is 3. The van der Waals surface area contributed by atoms with E-state index >= 15 is 0 Å². The summed E-state index contributed by atoms with van der Waals surface area (Å²) in [5.74, 6) is -0.473. The Morgan fingerprint density at radius 2 is 1.49 bits per heavy atom. The third kappa shape index (κ3) is 10.3. The van der Waals surface area contributed by atoms with E-state index in [1.807, 2.05) is 67.6 Å². The van der Waals surface area contributed by atoms with Crippen molar-refractivity contribution in [3.63, 3.8) is 0 Å². The van der Waals surface area contributed by atoms with Crippen molar-refractivity contribution >= 4 is 37.0 Å². The molecule has 1 atom stereocenters. The summed E-state index contributed by atoms with van der Waals surface area (Å²) >= 11 is 0. The van der Waals surface area contributed by atoms with Gasteiger partial charge in [0.2, 0.25) is 5.91 Å². The van der Waals surface area contributed by atoms with Crippen molar-refractivity contribution in [2.45, 2.75) is 39.7 Å². The van der Waals surface area contributed by atoms with E-state index in [2.05, 4.69) is 20.6 Å². The summed E-state index contributed by atoms with van der Waals surface area (Å²) in [7, 11) is -3.78. The summed E-state index contributed by atoms with van der Waals surface area (Å²) in [4.78, 5) is 52.5. The number of anilines is 2. The van der Waals surface area contributed by atoms with Crippen molar-refractivity contribution in [3.8, 4) is 11.4 Å². The second kappa shape index (κ2) is 17.6. The molecule has 3 aromatic rings. The molecule has 1 fully saturated rings. The highest BCUT2D eigenvalue weighted by atomic mass is 31.2. The maximum atomic E-state index is 13.9. The molecule has 1 aliphatic rings. The van der Waals surface area contributed by atoms with Crippen molar-refractivity contribution in [2.75, 3.05) is 57.5 Å². The summed E-state index contributed by atoms with van der Waals surface area (Å²) in [6.07, 6.45) is 0.868. The fourth-order valence-electron chi connectivity index (χ4n) is 4.92. The lowest BCUT2D eigenvalue weighted by molar-refractivity contribution is -0.134. The number of hydrogen-bond acceptors (Lipinski definition) is 10. The summed E-state index contributed by atoms with van der Waals surface area (Å²) < 4.78 is 29.9.